The lowest BCUT2D eigenvalue weighted by molar-refractivity contribution is -0.0366. The summed E-state index contributed by atoms with van der Waals surface area (Å²) < 4.78 is 12.4. The normalized spacial score (nSPS) is 27.0. The summed E-state index contributed by atoms with van der Waals surface area (Å²) in [5, 5.41) is 0.934. The first-order valence-corrected chi connectivity index (χ1v) is 4.23. The van der Waals surface area contributed by atoms with Crippen molar-refractivity contribution >= 4 is 0 Å². The molecule has 0 saturated carbocycles. The molecule has 62 valence electrons. The van der Waals surface area contributed by atoms with E-state index in [4.69, 9.17) is 0 Å². The minimum atomic E-state index is 0.170. The van der Waals surface area contributed by atoms with Gasteiger partial charge in [0, 0.05) is 12.6 Å². The lowest BCUT2D eigenvalue weighted by Crippen LogP contribution is -2.30. The van der Waals surface area contributed by atoms with Crippen molar-refractivity contribution in [2.45, 2.75) is 46.1 Å². The highest BCUT2D eigenvalue weighted by atomic mass is 19.2. The standard InChI is InChI=1S/C6H12FN.C2H6/c1-6-4-2-3-5-8(6)7;1-2/h6H,2-5H2,1H3;1-2H3/t6-;/m0./s1. The molecule has 1 aliphatic heterocycles. The predicted octanol–water partition coefficient (Wildman–Crippen LogP) is 2.77. The smallest absolute Gasteiger partial charge is 0.0374 e. The number of piperidine rings is 1. The summed E-state index contributed by atoms with van der Waals surface area (Å²) in [6.45, 7) is 6.57. The van der Waals surface area contributed by atoms with Crippen molar-refractivity contribution in [3.8, 4) is 0 Å². The van der Waals surface area contributed by atoms with Crippen LogP contribution in [0.3, 0.4) is 0 Å². The molecule has 0 radical (unpaired) electrons. The minimum absolute atomic E-state index is 0.170. The van der Waals surface area contributed by atoms with Crippen molar-refractivity contribution < 1.29 is 4.48 Å². The molecule has 1 rings (SSSR count). The maximum atomic E-state index is 12.4. The first-order chi connectivity index (χ1) is 4.80. The molecule has 0 N–H and O–H groups in total. The van der Waals surface area contributed by atoms with E-state index in [0.29, 0.717) is 6.54 Å². The lowest BCUT2D eigenvalue weighted by Gasteiger charge is -2.24. The van der Waals surface area contributed by atoms with Crippen molar-refractivity contribution in [1.82, 2.24) is 5.12 Å². The van der Waals surface area contributed by atoms with Gasteiger partial charge in [-0.2, -0.15) is 0 Å². The van der Waals surface area contributed by atoms with Gasteiger partial charge in [0.25, 0.3) is 0 Å². The summed E-state index contributed by atoms with van der Waals surface area (Å²) in [4.78, 5) is 0. The average molecular weight is 147 g/mol. The SMILES string of the molecule is CC.C[C@H]1CCCCN1F. The molecule has 0 bridgehead atoms. The van der Waals surface area contributed by atoms with Crippen LogP contribution < -0.4 is 0 Å². The summed E-state index contributed by atoms with van der Waals surface area (Å²) in [5.74, 6) is 0. The molecule has 10 heavy (non-hydrogen) atoms. The van der Waals surface area contributed by atoms with Gasteiger partial charge in [0.15, 0.2) is 0 Å². The zero-order chi connectivity index (χ0) is 7.98. The topological polar surface area (TPSA) is 3.24 Å². The Balaban J connectivity index is 0.000000371. The van der Waals surface area contributed by atoms with E-state index in [0.717, 1.165) is 18.0 Å². The lowest BCUT2D eigenvalue weighted by atomic mass is 10.1. The largest absolute Gasteiger partial charge is 0.144 e. The van der Waals surface area contributed by atoms with Gasteiger partial charge in [0.1, 0.15) is 0 Å². The maximum absolute atomic E-state index is 12.4. The van der Waals surface area contributed by atoms with Gasteiger partial charge in [-0.15, -0.1) is 9.60 Å². The average Bonchev–Trinajstić information content (AvgIpc) is 2.00. The third kappa shape index (κ3) is 3.16. The highest BCUT2D eigenvalue weighted by molar-refractivity contribution is 4.65. The number of halogens is 1. The number of hydrogen-bond donors (Lipinski definition) is 0. The van der Waals surface area contributed by atoms with Gasteiger partial charge in [-0.1, -0.05) is 20.3 Å². The molecule has 0 amide bonds. The fourth-order valence-electron chi connectivity index (χ4n) is 1.06. The zero-order valence-corrected chi connectivity index (χ0v) is 7.23. The van der Waals surface area contributed by atoms with Crippen LogP contribution in [-0.2, 0) is 0 Å². The molecular formula is C8H18FN. The van der Waals surface area contributed by atoms with Gasteiger partial charge in [-0.3, -0.25) is 0 Å². The highest BCUT2D eigenvalue weighted by Crippen LogP contribution is 2.15. The van der Waals surface area contributed by atoms with E-state index in [-0.39, 0.29) is 6.04 Å². The highest BCUT2D eigenvalue weighted by Gasteiger charge is 2.16. The second kappa shape index (κ2) is 5.66. The van der Waals surface area contributed by atoms with Crippen LogP contribution in [-0.4, -0.2) is 17.7 Å². The van der Waals surface area contributed by atoms with Crippen LogP contribution in [0.1, 0.15) is 40.0 Å². The Morgan fingerprint density at radius 2 is 1.90 bits per heavy atom. The Bertz CT molecular complexity index is 65.7. The second-order valence-corrected chi connectivity index (χ2v) is 2.47. The van der Waals surface area contributed by atoms with Crippen molar-refractivity contribution in [3.05, 3.63) is 0 Å². The molecule has 1 atom stereocenters. The van der Waals surface area contributed by atoms with E-state index in [1.807, 2.05) is 20.8 Å². The molecule has 0 spiro atoms. The van der Waals surface area contributed by atoms with Gasteiger partial charge >= 0.3 is 0 Å². The quantitative estimate of drug-likeness (QED) is 0.476. The van der Waals surface area contributed by atoms with E-state index in [1.165, 1.54) is 6.42 Å². The predicted molar refractivity (Wildman–Crippen MR) is 42.5 cm³/mol. The molecular weight excluding hydrogens is 129 g/mol. The Hall–Kier alpha value is -0.110. The summed E-state index contributed by atoms with van der Waals surface area (Å²) in [5.41, 5.74) is 0. The van der Waals surface area contributed by atoms with Crippen LogP contribution in [0.25, 0.3) is 0 Å². The molecule has 0 aromatic heterocycles. The van der Waals surface area contributed by atoms with Gasteiger partial charge in [0.05, 0.1) is 0 Å². The van der Waals surface area contributed by atoms with Crippen molar-refractivity contribution in [2.75, 3.05) is 6.54 Å². The fourth-order valence-corrected chi connectivity index (χ4v) is 1.06. The monoisotopic (exact) mass is 147 g/mol. The molecule has 0 unspecified atom stereocenters. The summed E-state index contributed by atoms with van der Waals surface area (Å²) >= 11 is 0. The zero-order valence-electron chi connectivity index (χ0n) is 7.23. The first kappa shape index (κ1) is 9.89. The first-order valence-electron chi connectivity index (χ1n) is 4.23. The number of hydrogen-bond acceptors (Lipinski definition) is 1. The van der Waals surface area contributed by atoms with E-state index >= 15 is 0 Å². The molecule has 2 heteroatoms. The van der Waals surface area contributed by atoms with Gasteiger partial charge in [0.2, 0.25) is 0 Å². The second-order valence-electron chi connectivity index (χ2n) is 2.47. The van der Waals surface area contributed by atoms with Crippen molar-refractivity contribution in [2.24, 2.45) is 0 Å². The fraction of sp³-hybridized carbons (Fsp3) is 1.00. The molecule has 1 saturated heterocycles. The van der Waals surface area contributed by atoms with E-state index in [9.17, 15) is 4.48 Å². The Morgan fingerprint density at radius 1 is 1.30 bits per heavy atom. The van der Waals surface area contributed by atoms with Crippen LogP contribution >= 0.6 is 0 Å². The van der Waals surface area contributed by atoms with Crippen LogP contribution in [0.15, 0.2) is 0 Å². The molecule has 1 heterocycles. The molecule has 0 aromatic rings. The van der Waals surface area contributed by atoms with Crippen LogP contribution in [0.5, 0.6) is 0 Å². The van der Waals surface area contributed by atoms with Crippen LogP contribution in [0, 0.1) is 0 Å². The van der Waals surface area contributed by atoms with Crippen LogP contribution in [0.2, 0.25) is 0 Å². The molecule has 1 aliphatic rings. The van der Waals surface area contributed by atoms with E-state index in [1.54, 1.807) is 0 Å². The van der Waals surface area contributed by atoms with E-state index < -0.39 is 0 Å². The molecule has 1 fully saturated rings. The summed E-state index contributed by atoms with van der Waals surface area (Å²) in [7, 11) is 0. The van der Waals surface area contributed by atoms with E-state index in [2.05, 4.69) is 0 Å². The molecule has 0 aromatic carbocycles. The maximum Gasteiger partial charge on any atom is 0.0374 e. The molecule has 0 aliphatic carbocycles. The van der Waals surface area contributed by atoms with Gasteiger partial charge in [-0.05, 0) is 19.8 Å². The third-order valence-electron chi connectivity index (χ3n) is 1.72. The van der Waals surface area contributed by atoms with Gasteiger partial charge < -0.3 is 0 Å². The van der Waals surface area contributed by atoms with Crippen LogP contribution in [0.4, 0.5) is 4.48 Å². The Labute approximate surface area is 63.2 Å². The van der Waals surface area contributed by atoms with Crippen molar-refractivity contribution in [1.29, 1.82) is 0 Å². The Morgan fingerprint density at radius 3 is 2.20 bits per heavy atom. The molecule has 1 nitrogen and oxygen atoms in total. The van der Waals surface area contributed by atoms with Crippen molar-refractivity contribution in [3.63, 3.8) is 0 Å². The van der Waals surface area contributed by atoms with Gasteiger partial charge in [-0.25, -0.2) is 0 Å². The number of nitrogens with zero attached hydrogens (tertiary/aromatic N) is 1. The number of rotatable bonds is 0. The summed E-state index contributed by atoms with van der Waals surface area (Å²) in [6.07, 6.45) is 3.25. The Kier molecular flexibility index (Phi) is 5.60. The summed E-state index contributed by atoms with van der Waals surface area (Å²) in [6, 6.07) is 0.170. The third-order valence-corrected chi connectivity index (χ3v) is 1.72. The minimum Gasteiger partial charge on any atom is -0.144 e.